The molecule has 0 aliphatic carbocycles. The minimum Gasteiger partial charge on any atom is -0.506 e. The molecule has 12 heteroatoms. The normalized spacial score (nSPS) is 10.8. The highest BCUT2D eigenvalue weighted by molar-refractivity contribution is 6.45. The number of aromatic nitrogens is 2. The van der Waals surface area contributed by atoms with E-state index in [0.717, 1.165) is 0 Å². The number of nitrogens with one attached hydrogen (secondary N) is 3. The number of aliphatic imine (C=N–C) groups is 1. The third-order valence-corrected chi connectivity index (χ3v) is 5.61. The smallest absolute Gasteiger partial charge is 0.314 e. The number of hydrogen-bond donors (Lipinski definition) is 4. The molecule has 4 aromatic rings. The van der Waals surface area contributed by atoms with Gasteiger partial charge in [-0.1, -0.05) is 53.0 Å². The predicted molar refractivity (Wildman–Crippen MR) is 146 cm³/mol. The second-order valence-electron chi connectivity index (χ2n) is 7.42. The van der Waals surface area contributed by atoms with E-state index in [9.17, 15) is 14.7 Å². The molecular formula is C25H17Cl3N6O3. The highest BCUT2D eigenvalue weighted by atomic mass is 35.5. The summed E-state index contributed by atoms with van der Waals surface area (Å²) >= 11 is 18.1. The molecule has 3 aromatic carbocycles. The number of carbonyl (C=O) groups is 2. The zero-order valence-electron chi connectivity index (χ0n) is 18.7. The lowest BCUT2D eigenvalue weighted by Gasteiger charge is -2.13. The average molecular weight is 556 g/mol. The number of amides is 2. The van der Waals surface area contributed by atoms with Crippen LogP contribution in [0.2, 0.25) is 15.2 Å². The van der Waals surface area contributed by atoms with Gasteiger partial charge in [-0.05, 0) is 48.5 Å². The summed E-state index contributed by atoms with van der Waals surface area (Å²) in [6.45, 7) is 0. The van der Waals surface area contributed by atoms with Crippen molar-refractivity contribution in [3.8, 4) is 5.75 Å². The van der Waals surface area contributed by atoms with Gasteiger partial charge in [-0.2, -0.15) is 0 Å². The topological polar surface area (TPSA) is 129 Å². The fourth-order valence-electron chi connectivity index (χ4n) is 3.05. The molecule has 4 rings (SSSR count). The number of benzene rings is 3. The molecule has 0 bridgehead atoms. The maximum Gasteiger partial charge on any atom is 0.314 e. The molecule has 0 unspecified atom stereocenters. The van der Waals surface area contributed by atoms with E-state index >= 15 is 0 Å². The minimum atomic E-state index is -0.947. The second kappa shape index (κ2) is 11.7. The van der Waals surface area contributed by atoms with Crippen LogP contribution in [0.3, 0.4) is 0 Å². The molecule has 0 saturated carbocycles. The Labute approximate surface area is 226 Å². The van der Waals surface area contributed by atoms with Crippen molar-refractivity contribution in [3.05, 3.63) is 93.8 Å². The lowest BCUT2D eigenvalue weighted by atomic mass is 10.2. The van der Waals surface area contributed by atoms with Gasteiger partial charge in [0.2, 0.25) is 0 Å². The average Bonchev–Trinajstić information content (AvgIpc) is 2.88. The SMILES string of the molecule is O=C(Nc1ccccc1)C(=O)Nc1c(Cl)ncnc1Nc1ccc(N=Cc2cc(Cl)cc(Cl)c2O)cc1. The first-order valence-electron chi connectivity index (χ1n) is 10.6. The fourth-order valence-corrected chi connectivity index (χ4v) is 3.73. The Morgan fingerprint density at radius 3 is 2.30 bits per heavy atom. The van der Waals surface area contributed by atoms with E-state index in [-0.39, 0.29) is 27.4 Å². The number of phenols is 1. The van der Waals surface area contributed by atoms with E-state index in [0.29, 0.717) is 27.6 Å². The van der Waals surface area contributed by atoms with Crippen molar-refractivity contribution < 1.29 is 14.7 Å². The summed E-state index contributed by atoms with van der Waals surface area (Å²) in [6, 6.07) is 18.3. The molecule has 186 valence electrons. The summed E-state index contributed by atoms with van der Waals surface area (Å²) in [5.41, 5.74) is 2.03. The molecule has 2 amide bonds. The van der Waals surface area contributed by atoms with Crippen molar-refractivity contribution in [2.24, 2.45) is 4.99 Å². The monoisotopic (exact) mass is 554 g/mol. The Bertz CT molecular complexity index is 1480. The van der Waals surface area contributed by atoms with Crippen molar-refractivity contribution in [2.45, 2.75) is 0 Å². The fraction of sp³-hybridized carbons (Fsp3) is 0. The van der Waals surface area contributed by atoms with Gasteiger partial charge >= 0.3 is 11.8 Å². The molecule has 0 aliphatic rings. The van der Waals surface area contributed by atoms with E-state index < -0.39 is 11.8 Å². The van der Waals surface area contributed by atoms with Gasteiger partial charge in [0.1, 0.15) is 17.8 Å². The number of rotatable bonds is 6. The Balaban J connectivity index is 1.46. The molecule has 0 aliphatic heterocycles. The number of carbonyl (C=O) groups excluding carboxylic acids is 2. The first-order valence-corrected chi connectivity index (χ1v) is 11.7. The summed E-state index contributed by atoms with van der Waals surface area (Å²) in [4.78, 5) is 37.1. The van der Waals surface area contributed by atoms with Crippen molar-refractivity contribution >= 4 is 81.4 Å². The van der Waals surface area contributed by atoms with Crippen LogP contribution < -0.4 is 16.0 Å². The Morgan fingerprint density at radius 1 is 0.865 bits per heavy atom. The second-order valence-corrected chi connectivity index (χ2v) is 8.62. The van der Waals surface area contributed by atoms with Crippen molar-refractivity contribution in [3.63, 3.8) is 0 Å². The quantitative estimate of drug-likeness (QED) is 0.127. The summed E-state index contributed by atoms with van der Waals surface area (Å²) in [5.74, 6) is -1.78. The highest BCUT2D eigenvalue weighted by Crippen LogP contribution is 2.31. The molecule has 4 N–H and O–H groups in total. The van der Waals surface area contributed by atoms with Gasteiger partial charge in [-0.25, -0.2) is 9.97 Å². The summed E-state index contributed by atoms with van der Waals surface area (Å²) < 4.78 is 0. The number of halogens is 3. The summed E-state index contributed by atoms with van der Waals surface area (Å²) in [5, 5.41) is 18.5. The lowest BCUT2D eigenvalue weighted by molar-refractivity contribution is -0.132. The molecular weight excluding hydrogens is 539 g/mol. The Kier molecular flexibility index (Phi) is 8.19. The van der Waals surface area contributed by atoms with Crippen LogP contribution in [0.5, 0.6) is 5.75 Å². The summed E-state index contributed by atoms with van der Waals surface area (Å²) in [6.07, 6.45) is 2.65. The number of para-hydroxylation sites is 1. The maximum atomic E-state index is 12.5. The first-order chi connectivity index (χ1) is 17.8. The van der Waals surface area contributed by atoms with E-state index in [1.807, 2.05) is 0 Å². The number of phenolic OH excluding ortho intramolecular Hbond substituents is 1. The van der Waals surface area contributed by atoms with Gasteiger partial charge < -0.3 is 21.1 Å². The molecule has 37 heavy (non-hydrogen) atoms. The molecule has 0 radical (unpaired) electrons. The molecule has 0 fully saturated rings. The Hall–Kier alpha value is -4.18. The summed E-state index contributed by atoms with van der Waals surface area (Å²) in [7, 11) is 0. The molecule has 0 atom stereocenters. The third kappa shape index (κ3) is 6.73. The van der Waals surface area contributed by atoms with Crippen LogP contribution in [0.15, 0.2) is 78.0 Å². The number of anilines is 4. The minimum absolute atomic E-state index is 0.0350. The standard InChI is InChI=1S/C25H17Cl3N6O3/c26-15-10-14(21(35)19(27)11-15)12-29-16-6-8-18(9-7-16)32-23-20(22(28)30-13-31-23)34-25(37)24(36)33-17-4-2-1-3-5-17/h1-13,35H,(H,33,36)(H,34,37)(H,30,31,32). The van der Waals surface area contributed by atoms with Gasteiger partial charge in [0.15, 0.2) is 11.0 Å². The van der Waals surface area contributed by atoms with Crippen LogP contribution >= 0.6 is 34.8 Å². The zero-order valence-corrected chi connectivity index (χ0v) is 21.0. The van der Waals surface area contributed by atoms with E-state index in [4.69, 9.17) is 34.8 Å². The van der Waals surface area contributed by atoms with Crippen LogP contribution in [0.25, 0.3) is 0 Å². The van der Waals surface area contributed by atoms with Gasteiger partial charge in [0.05, 0.1) is 10.7 Å². The first kappa shape index (κ1) is 25.9. The maximum absolute atomic E-state index is 12.5. The van der Waals surface area contributed by atoms with Crippen LogP contribution in [0, 0.1) is 0 Å². The van der Waals surface area contributed by atoms with Crippen LogP contribution in [0.4, 0.5) is 28.6 Å². The zero-order chi connectivity index (χ0) is 26.4. The lowest BCUT2D eigenvalue weighted by Crippen LogP contribution is -2.29. The van der Waals surface area contributed by atoms with Crippen LogP contribution in [-0.2, 0) is 9.59 Å². The largest absolute Gasteiger partial charge is 0.506 e. The number of hydrogen-bond acceptors (Lipinski definition) is 7. The third-order valence-electron chi connectivity index (χ3n) is 4.82. The van der Waals surface area contributed by atoms with Gasteiger partial charge in [-0.15, -0.1) is 0 Å². The van der Waals surface area contributed by atoms with E-state index in [1.165, 1.54) is 24.7 Å². The van der Waals surface area contributed by atoms with E-state index in [1.54, 1.807) is 54.6 Å². The van der Waals surface area contributed by atoms with E-state index in [2.05, 4.69) is 30.9 Å². The molecule has 9 nitrogen and oxygen atoms in total. The molecule has 1 aromatic heterocycles. The molecule has 0 saturated heterocycles. The Morgan fingerprint density at radius 2 is 1.57 bits per heavy atom. The van der Waals surface area contributed by atoms with Gasteiger partial charge in [-0.3, -0.25) is 14.6 Å². The van der Waals surface area contributed by atoms with Crippen LogP contribution in [0.1, 0.15) is 5.56 Å². The van der Waals surface area contributed by atoms with Crippen LogP contribution in [-0.4, -0.2) is 33.1 Å². The highest BCUT2D eigenvalue weighted by Gasteiger charge is 2.19. The number of nitrogens with zero attached hydrogens (tertiary/aromatic N) is 3. The number of aromatic hydroxyl groups is 1. The van der Waals surface area contributed by atoms with Gasteiger partial charge in [0.25, 0.3) is 0 Å². The van der Waals surface area contributed by atoms with Crippen molar-refractivity contribution in [2.75, 3.05) is 16.0 Å². The molecule has 1 heterocycles. The van der Waals surface area contributed by atoms with Crippen molar-refractivity contribution in [1.29, 1.82) is 0 Å². The van der Waals surface area contributed by atoms with Gasteiger partial charge in [0, 0.05) is 28.2 Å². The molecule has 0 spiro atoms. The predicted octanol–water partition coefficient (Wildman–Crippen LogP) is 6.21. The van der Waals surface area contributed by atoms with Crippen molar-refractivity contribution in [1.82, 2.24) is 9.97 Å².